The van der Waals surface area contributed by atoms with Gasteiger partial charge in [-0.25, -0.2) is 9.37 Å². The number of nitrogens with zero attached hydrogens (tertiary/aromatic N) is 3. The Morgan fingerprint density at radius 2 is 2.15 bits per heavy atom. The van der Waals surface area contributed by atoms with Crippen LogP contribution in [0.3, 0.4) is 0 Å². The van der Waals surface area contributed by atoms with Gasteiger partial charge in [0.05, 0.1) is 25.1 Å². The molecule has 0 radical (unpaired) electrons. The van der Waals surface area contributed by atoms with Gasteiger partial charge >= 0.3 is 5.97 Å². The van der Waals surface area contributed by atoms with Gasteiger partial charge in [0.15, 0.2) is 0 Å². The molecule has 1 fully saturated rings. The van der Waals surface area contributed by atoms with Gasteiger partial charge in [-0.3, -0.25) is 14.7 Å². The Kier molecular flexibility index (Phi) is 7.71. The minimum atomic E-state index is -1.20. The van der Waals surface area contributed by atoms with Crippen LogP contribution in [-0.2, 0) is 4.79 Å². The minimum Gasteiger partial charge on any atom is -0.497 e. The normalized spacial score (nSPS) is 19.2. The number of carboxylic acids is 1. The maximum Gasteiger partial charge on any atom is 0.308 e. The highest BCUT2D eigenvalue weighted by Gasteiger charge is 2.34. The van der Waals surface area contributed by atoms with Crippen molar-refractivity contribution < 1.29 is 19.0 Å². The van der Waals surface area contributed by atoms with Crippen LogP contribution in [0.15, 0.2) is 54.9 Å². The standard InChI is InChI=1S/C27H28FN3O3/c1-34-21-8-10-26-23(17-21)22(11-14-30-26)25(28)9-7-19-12-16-31(18-24(19)27(32)33)15-4-6-20-5-2-3-13-29-20/h2-3,5,8,10-11,13-14,17,19,24-25H,7,9,12,15-16,18H2,1H3,(H,32,33)/t19-,24+,25+/m1/s1. The molecule has 1 N–H and O–H groups in total. The molecule has 7 heteroatoms. The number of benzene rings is 1. The first kappa shape index (κ1) is 23.7. The summed E-state index contributed by atoms with van der Waals surface area (Å²) >= 11 is 0. The molecule has 0 spiro atoms. The zero-order valence-corrected chi connectivity index (χ0v) is 19.2. The third-order valence-electron chi connectivity index (χ3n) is 6.45. The molecule has 0 aliphatic carbocycles. The molecule has 0 unspecified atom stereocenters. The second-order valence-corrected chi connectivity index (χ2v) is 8.57. The highest BCUT2D eigenvalue weighted by Crippen LogP contribution is 2.35. The van der Waals surface area contributed by atoms with Crippen LogP contribution < -0.4 is 4.74 Å². The van der Waals surface area contributed by atoms with E-state index in [1.54, 1.807) is 37.7 Å². The first-order valence-electron chi connectivity index (χ1n) is 11.5. The number of rotatable bonds is 7. The average molecular weight is 462 g/mol. The average Bonchev–Trinajstić information content (AvgIpc) is 2.87. The zero-order chi connectivity index (χ0) is 23.9. The second-order valence-electron chi connectivity index (χ2n) is 8.57. The van der Waals surface area contributed by atoms with Crippen molar-refractivity contribution in [3.8, 4) is 17.6 Å². The third-order valence-corrected chi connectivity index (χ3v) is 6.45. The summed E-state index contributed by atoms with van der Waals surface area (Å²) in [6.45, 7) is 1.66. The highest BCUT2D eigenvalue weighted by molar-refractivity contribution is 5.83. The Balaban J connectivity index is 1.38. The molecule has 0 amide bonds. The van der Waals surface area contributed by atoms with Crippen molar-refractivity contribution in [1.82, 2.24) is 14.9 Å². The van der Waals surface area contributed by atoms with Crippen molar-refractivity contribution in [2.24, 2.45) is 11.8 Å². The molecule has 6 nitrogen and oxygen atoms in total. The van der Waals surface area contributed by atoms with E-state index in [4.69, 9.17) is 4.74 Å². The van der Waals surface area contributed by atoms with Crippen LogP contribution in [0, 0.1) is 23.7 Å². The molecule has 1 aromatic carbocycles. The van der Waals surface area contributed by atoms with E-state index in [-0.39, 0.29) is 12.3 Å². The lowest BCUT2D eigenvalue weighted by atomic mass is 9.81. The number of carbonyl (C=O) groups is 1. The minimum absolute atomic E-state index is 0.0709. The molecular weight excluding hydrogens is 433 g/mol. The van der Waals surface area contributed by atoms with E-state index in [9.17, 15) is 9.90 Å². The van der Waals surface area contributed by atoms with E-state index in [1.807, 2.05) is 24.3 Å². The lowest BCUT2D eigenvalue weighted by Crippen LogP contribution is -2.44. The van der Waals surface area contributed by atoms with Crippen molar-refractivity contribution in [3.05, 3.63) is 66.1 Å². The van der Waals surface area contributed by atoms with Crippen molar-refractivity contribution >= 4 is 16.9 Å². The topological polar surface area (TPSA) is 75.5 Å². The fourth-order valence-corrected chi connectivity index (χ4v) is 4.58. The molecule has 2 aromatic heterocycles. The quantitative estimate of drug-likeness (QED) is 0.522. The molecule has 1 saturated heterocycles. The number of hydrogen-bond acceptors (Lipinski definition) is 5. The summed E-state index contributed by atoms with van der Waals surface area (Å²) in [6.07, 6.45) is 3.60. The van der Waals surface area contributed by atoms with Crippen LogP contribution in [-0.4, -0.2) is 52.7 Å². The number of piperidine rings is 1. The largest absolute Gasteiger partial charge is 0.497 e. The molecule has 0 bridgehead atoms. The van der Waals surface area contributed by atoms with Gasteiger partial charge in [0.1, 0.15) is 17.6 Å². The predicted molar refractivity (Wildman–Crippen MR) is 128 cm³/mol. The van der Waals surface area contributed by atoms with E-state index in [1.165, 1.54) is 0 Å². The molecular formula is C27H28FN3O3. The second kappa shape index (κ2) is 11.1. The summed E-state index contributed by atoms with van der Waals surface area (Å²) in [5.74, 6) is 5.32. The van der Waals surface area contributed by atoms with Crippen LogP contribution in [0.25, 0.3) is 10.9 Å². The molecule has 1 aliphatic heterocycles. The number of likely N-dealkylation sites (tertiary alicyclic amines) is 1. The molecule has 176 valence electrons. The van der Waals surface area contributed by atoms with E-state index in [0.717, 1.165) is 11.9 Å². The fraction of sp³-hybridized carbons (Fsp3) is 0.370. The zero-order valence-electron chi connectivity index (χ0n) is 19.2. The van der Waals surface area contributed by atoms with Gasteiger partial charge in [-0.05, 0) is 79.6 Å². The molecule has 4 rings (SSSR count). The number of methoxy groups -OCH3 is 1. The number of alkyl halides is 1. The van der Waals surface area contributed by atoms with Crippen LogP contribution in [0.4, 0.5) is 4.39 Å². The van der Waals surface area contributed by atoms with Crippen molar-refractivity contribution in [2.45, 2.75) is 25.4 Å². The van der Waals surface area contributed by atoms with Crippen molar-refractivity contribution in [2.75, 3.05) is 26.7 Å². The summed E-state index contributed by atoms with van der Waals surface area (Å²) in [5, 5.41) is 10.5. The summed E-state index contributed by atoms with van der Waals surface area (Å²) in [5.41, 5.74) is 1.98. The van der Waals surface area contributed by atoms with Crippen LogP contribution in [0.1, 0.15) is 36.7 Å². The molecule has 34 heavy (non-hydrogen) atoms. The maximum atomic E-state index is 15.3. The Hall–Kier alpha value is -3.50. The van der Waals surface area contributed by atoms with Gasteiger partial charge in [-0.2, -0.15) is 0 Å². The monoisotopic (exact) mass is 461 g/mol. The number of carboxylic acid groups (broad SMARTS) is 1. The fourth-order valence-electron chi connectivity index (χ4n) is 4.58. The number of hydrogen-bond donors (Lipinski definition) is 1. The van der Waals surface area contributed by atoms with E-state index < -0.39 is 18.1 Å². The van der Waals surface area contributed by atoms with Crippen LogP contribution in [0.5, 0.6) is 5.75 Å². The Bertz CT molecular complexity index is 1190. The molecule has 3 aromatic rings. The van der Waals surface area contributed by atoms with Gasteiger partial charge in [0, 0.05) is 24.3 Å². The first-order valence-corrected chi connectivity index (χ1v) is 11.5. The van der Waals surface area contributed by atoms with E-state index >= 15 is 4.39 Å². The number of aromatic nitrogens is 2. The number of pyridine rings is 2. The van der Waals surface area contributed by atoms with Gasteiger partial charge in [0.25, 0.3) is 0 Å². The Labute approximate surface area is 198 Å². The molecule has 1 aliphatic rings. The molecule has 0 saturated carbocycles. The first-order chi connectivity index (χ1) is 16.5. The van der Waals surface area contributed by atoms with Crippen molar-refractivity contribution in [1.29, 1.82) is 0 Å². The Morgan fingerprint density at radius 3 is 2.91 bits per heavy atom. The summed E-state index contributed by atoms with van der Waals surface area (Å²) < 4.78 is 20.6. The lowest BCUT2D eigenvalue weighted by Gasteiger charge is -2.35. The van der Waals surface area contributed by atoms with Crippen LogP contribution >= 0.6 is 0 Å². The molecule has 3 heterocycles. The molecule has 3 atom stereocenters. The SMILES string of the molecule is COc1ccc2nccc([C@@H](F)CC[C@@H]3CCN(CC#Cc4ccccn4)C[C@@H]3C(=O)O)c2c1. The van der Waals surface area contributed by atoms with Gasteiger partial charge in [-0.1, -0.05) is 12.0 Å². The number of aliphatic carboxylic acids is 1. The Morgan fingerprint density at radius 1 is 1.26 bits per heavy atom. The van der Waals surface area contributed by atoms with E-state index in [2.05, 4.69) is 26.7 Å². The van der Waals surface area contributed by atoms with Crippen molar-refractivity contribution in [3.63, 3.8) is 0 Å². The van der Waals surface area contributed by atoms with Crippen LogP contribution in [0.2, 0.25) is 0 Å². The van der Waals surface area contributed by atoms with E-state index in [0.29, 0.717) is 48.5 Å². The number of ether oxygens (including phenoxy) is 1. The summed E-state index contributed by atoms with van der Waals surface area (Å²) in [7, 11) is 1.58. The third kappa shape index (κ3) is 5.70. The van der Waals surface area contributed by atoms with Gasteiger partial charge < -0.3 is 9.84 Å². The smallest absolute Gasteiger partial charge is 0.308 e. The lowest BCUT2D eigenvalue weighted by molar-refractivity contribution is -0.146. The predicted octanol–water partition coefficient (Wildman–Crippen LogP) is 4.50. The summed E-state index contributed by atoms with van der Waals surface area (Å²) in [6, 6.07) is 12.7. The number of fused-ring (bicyclic) bond motifs is 1. The summed E-state index contributed by atoms with van der Waals surface area (Å²) in [4.78, 5) is 22.5. The maximum absolute atomic E-state index is 15.3. The van der Waals surface area contributed by atoms with Gasteiger partial charge in [-0.15, -0.1) is 0 Å². The highest BCUT2D eigenvalue weighted by atomic mass is 19.1. The number of halogens is 1. The van der Waals surface area contributed by atoms with Gasteiger partial charge in [0.2, 0.25) is 0 Å².